The third kappa shape index (κ3) is 3.94. The fourth-order valence-corrected chi connectivity index (χ4v) is 5.95. The van der Waals surface area contributed by atoms with Crippen LogP contribution in [0.25, 0.3) is 0 Å². The lowest BCUT2D eigenvalue weighted by atomic mass is 10.3. The van der Waals surface area contributed by atoms with Crippen LogP contribution in [0.15, 0.2) is 26.2 Å². The maximum absolute atomic E-state index is 12.7. The number of rotatable bonds is 6. The molecule has 0 saturated carbocycles. The minimum atomic E-state index is -3.45. The molecule has 0 aliphatic rings. The lowest BCUT2D eigenvalue weighted by Gasteiger charge is -2.16. The standard InChI is InChI=1S/C13H17BrN2O2S3/c1-9-12(5-11(20-9)6-15-2)21(17,18)16(3)7-10-4-13(14)19-8-10/h4-5,8,15H,6-7H2,1-3H3. The number of hydrogen-bond donors (Lipinski definition) is 1. The van der Waals surface area contributed by atoms with E-state index in [4.69, 9.17) is 0 Å². The number of aryl methyl sites for hydroxylation is 1. The van der Waals surface area contributed by atoms with Crippen LogP contribution < -0.4 is 5.32 Å². The number of hydrogen-bond acceptors (Lipinski definition) is 5. The minimum absolute atomic E-state index is 0.376. The summed E-state index contributed by atoms with van der Waals surface area (Å²) in [4.78, 5) is 2.27. The molecule has 2 aromatic rings. The molecule has 21 heavy (non-hydrogen) atoms. The van der Waals surface area contributed by atoms with E-state index >= 15 is 0 Å². The van der Waals surface area contributed by atoms with Crippen LogP contribution in [0, 0.1) is 6.92 Å². The minimum Gasteiger partial charge on any atom is -0.315 e. The van der Waals surface area contributed by atoms with E-state index in [2.05, 4.69) is 21.2 Å². The van der Waals surface area contributed by atoms with E-state index < -0.39 is 10.0 Å². The summed E-state index contributed by atoms with van der Waals surface area (Å²) in [6, 6.07) is 3.72. The zero-order valence-electron chi connectivity index (χ0n) is 12.0. The van der Waals surface area contributed by atoms with Crippen molar-refractivity contribution in [3.05, 3.63) is 36.6 Å². The van der Waals surface area contributed by atoms with Gasteiger partial charge in [0, 0.05) is 29.9 Å². The van der Waals surface area contributed by atoms with E-state index in [0.717, 1.165) is 19.1 Å². The molecule has 1 N–H and O–H groups in total. The molecule has 2 aromatic heterocycles. The van der Waals surface area contributed by atoms with Crippen molar-refractivity contribution >= 4 is 48.6 Å². The van der Waals surface area contributed by atoms with Crippen LogP contribution in [0.3, 0.4) is 0 Å². The smallest absolute Gasteiger partial charge is 0.244 e. The maximum atomic E-state index is 12.7. The Morgan fingerprint density at radius 1 is 1.38 bits per heavy atom. The van der Waals surface area contributed by atoms with E-state index in [1.54, 1.807) is 24.5 Å². The van der Waals surface area contributed by atoms with E-state index in [1.807, 2.05) is 25.4 Å². The predicted octanol–water partition coefficient (Wildman–Crippen LogP) is 3.42. The molecular formula is C13H17BrN2O2S3. The summed E-state index contributed by atoms with van der Waals surface area (Å²) in [5.41, 5.74) is 0.987. The van der Waals surface area contributed by atoms with Crippen molar-refractivity contribution in [3.8, 4) is 0 Å². The first-order valence-electron chi connectivity index (χ1n) is 6.27. The molecule has 0 aliphatic carbocycles. The number of thiophene rings is 2. The maximum Gasteiger partial charge on any atom is 0.244 e. The number of nitrogens with one attached hydrogen (secondary N) is 1. The van der Waals surface area contributed by atoms with Gasteiger partial charge >= 0.3 is 0 Å². The third-order valence-corrected chi connectivity index (χ3v) is 7.65. The summed E-state index contributed by atoms with van der Waals surface area (Å²) in [5, 5.41) is 5.01. The topological polar surface area (TPSA) is 49.4 Å². The molecule has 0 fully saturated rings. The van der Waals surface area contributed by atoms with Gasteiger partial charge in [0.2, 0.25) is 10.0 Å². The van der Waals surface area contributed by atoms with E-state index in [9.17, 15) is 8.42 Å². The van der Waals surface area contributed by atoms with Gasteiger partial charge in [0.15, 0.2) is 0 Å². The lowest BCUT2D eigenvalue weighted by Crippen LogP contribution is -2.26. The Bertz CT molecular complexity index is 722. The summed E-state index contributed by atoms with van der Waals surface area (Å²) >= 11 is 6.47. The molecule has 0 unspecified atom stereocenters. The van der Waals surface area contributed by atoms with Crippen LogP contribution in [0.4, 0.5) is 0 Å². The van der Waals surface area contributed by atoms with E-state index in [-0.39, 0.29) is 0 Å². The number of halogens is 1. The molecule has 8 heteroatoms. The normalized spacial score (nSPS) is 12.2. The molecule has 2 heterocycles. The second-order valence-electron chi connectivity index (χ2n) is 4.68. The molecule has 2 rings (SSSR count). The van der Waals surface area contributed by atoms with Gasteiger partial charge in [-0.3, -0.25) is 0 Å². The lowest BCUT2D eigenvalue weighted by molar-refractivity contribution is 0.467. The average molecular weight is 409 g/mol. The molecular weight excluding hydrogens is 392 g/mol. The summed E-state index contributed by atoms with van der Waals surface area (Å²) < 4.78 is 27.8. The zero-order valence-corrected chi connectivity index (χ0v) is 16.0. The second-order valence-corrected chi connectivity index (χ2v) is 10.3. The molecule has 4 nitrogen and oxygen atoms in total. The Hall–Kier alpha value is -0.250. The van der Waals surface area contributed by atoms with Crippen molar-refractivity contribution in [2.75, 3.05) is 14.1 Å². The quantitative estimate of drug-likeness (QED) is 0.796. The highest BCUT2D eigenvalue weighted by Crippen LogP contribution is 2.29. The Kier molecular flexibility index (Phi) is 5.61. The molecule has 0 radical (unpaired) electrons. The summed E-state index contributed by atoms with van der Waals surface area (Å²) in [6.07, 6.45) is 0. The number of sulfonamides is 1. The fraction of sp³-hybridized carbons (Fsp3) is 0.385. The fourth-order valence-electron chi connectivity index (χ4n) is 1.98. The molecule has 0 aromatic carbocycles. The molecule has 0 saturated heterocycles. The van der Waals surface area contributed by atoms with Crippen LogP contribution in [0.2, 0.25) is 0 Å². The molecule has 0 spiro atoms. The van der Waals surface area contributed by atoms with Crippen LogP contribution in [-0.2, 0) is 23.1 Å². The summed E-state index contributed by atoms with van der Waals surface area (Å²) in [6.45, 7) is 2.91. The van der Waals surface area contributed by atoms with Gasteiger partial charge in [-0.1, -0.05) is 0 Å². The Labute approximate surface area is 142 Å². The highest BCUT2D eigenvalue weighted by molar-refractivity contribution is 9.11. The van der Waals surface area contributed by atoms with E-state index in [1.165, 1.54) is 15.6 Å². The summed E-state index contributed by atoms with van der Waals surface area (Å²) in [7, 11) is 0.0210. The SMILES string of the molecule is CNCc1cc(S(=O)(=O)N(C)Cc2csc(Br)c2)c(C)s1. The first-order chi connectivity index (χ1) is 9.84. The van der Waals surface area contributed by atoms with Crippen molar-refractivity contribution in [1.82, 2.24) is 9.62 Å². The van der Waals surface area contributed by atoms with Gasteiger partial charge in [0.25, 0.3) is 0 Å². The number of nitrogens with zero attached hydrogens (tertiary/aromatic N) is 1. The van der Waals surface area contributed by atoms with Crippen LogP contribution in [0.1, 0.15) is 15.3 Å². The Morgan fingerprint density at radius 2 is 2.10 bits per heavy atom. The molecule has 0 atom stereocenters. The van der Waals surface area contributed by atoms with Crippen molar-refractivity contribution in [2.24, 2.45) is 0 Å². The monoisotopic (exact) mass is 408 g/mol. The highest BCUT2D eigenvalue weighted by atomic mass is 79.9. The average Bonchev–Trinajstić information content (AvgIpc) is 2.96. The van der Waals surface area contributed by atoms with Gasteiger partial charge in [-0.2, -0.15) is 4.31 Å². The molecule has 0 bridgehead atoms. The summed E-state index contributed by atoms with van der Waals surface area (Å²) in [5.74, 6) is 0. The first kappa shape index (κ1) is 17.1. The molecule has 0 aliphatic heterocycles. The van der Waals surface area contributed by atoms with Gasteiger partial charge in [-0.15, -0.1) is 22.7 Å². The third-order valence-electron chi connectivity index (χ3n) is 2.99. The van der Waals surface area contributed by atoms with Crippen molar-refractivity contribution in [1.29, 1.82) is 0 Å². The zero-order chi connectivity index (χ0) is 15.6. The predicted molar refractivity (Wildman–Crippen MR) is 92.5 cm³/mol. The van der Waals surface area contributed by atoms with Gasteiger partial charge in [0.1, 0.15) is 0 Å². The van der Waals surface area contributed by atoms with Gasteiger partial charge in [0.05, 0.1) is 8.68 Å². The first-order valence-corrected chi connectivity index (χ1v) is 10.2. The van der Waals surface area contributed by atoms with Crippen LogP contribution in [-0.4, -0.2) is 26.8 Å². The highest BCUT2D eigenvalue weighted by Gasteiger charge is 2.25. The van der Waals surface area contributed by atoms with E-state index in [0.29, 0.717) is 18.0 Å². The van der Waals surface area contributed by atoms with Crippen LogP contribution in [0.5, 0.6) is 0 Å². The van der Waals surface area contributed by atoms with Gasteiger partial charge in [-0.25, -0.2) is 8.42 Å². The molecule has 0 amide bonds. The van der Waals surface area contributed by atoms with Gasteiger partial charge in [-0.05, 0) is 53.0 Å². The van der Waals surface area contributed by atoms with Crippen molar-refractivity contribution < 1.29 is 8.42 Å². The second kappa shape index (κ2) is 6.89. The Morgan fingerprint density at radius 3 is 2.67 bits per heavy atom. The van der Waals surface area contributed by atoms with Crippen molar-refractivity contribution in [2.45, 2.75) is 24.9 Å². The largest absolute Gasteiger partial charge is 0.315 e. The van der Waals surface area contributed by atoms with Gasteiger partial charge < -0.3 is 5.32 Å². The van der Waals surface area contributed by atoms with Crippen LogP contribution >= 0.6 is 38.6 Å². The van der Waals surface area contributed by atoms with Crippen molar-refractivity contribution in [3.63, 3.8) is 0 Å². The molecule has 116 valence electrons. The Balaban J connectivity index is 2.24.